The maximum atomic E-state index is 13.8. The lowest BCUT2D eigenvalue weighted by Crippen LogP contribution is -2.25. The number of anilines is 2. The van der Waals surface area contributed by atoms with Crippen molar-refractivity contribution in [1.29, 1.82) is 0 Å². The van der Waals surface area contributed by atoms with Gasteiger partial charge in [-0.15, -0.1) is 0 Å². The molecule has 1 unspecified atom stereocenters. The zero-order chi connectivity index (χ0) is 40.2. The van der Waals surface area contributed by atoms with E-state index in [-0.39, 0.29) is 24.7 Å². The molecule has 0 bridgehead atoms. The van der Waals surface area contributed by atoms with Crippen LogP contribution in [0.25, 0.3) is 22.8 Å². The van der Waals surface area contributed by atoms with E-state index < -0.39 is 18.0 Å². The molecule has 0 aliphatic carbocycles. The molecule has 4 aromatic heterocycles. The summed E-state index contributed by atoms with van der Waals surface area (Å²) >= 11 is 0. The number of rotatable bonds is 10. The van der Waals surface area contributed by atoms with Crippen LogP contribution in [0.3, 0.4) is 0 Å². The molecule has 0 radical (unpaired) electrons. The number of hydrogen-bond donors (Lipinski definition) is 4. The Morgan fingerprint density at radius 1 is 0.810 bits per heavy atom. The van der Waals surface area contributed by atoms with Crippen molar-refractivity contribution in [3.8, 4) is 23.7 Å². The number of fused-ring (bicyclic) bond motifs is 3. The highest BCUT2D eigenvalue weighted by molar-refractivity contribution is 6.06. The van der Waals surface area contributed by atoms with Gasteiger partial charge in [-0.1, -0.05) is 66.7 Å². The fraction of sp³-hybridized carbons (Fsp3) is 0.214. The molecular weight excluding hydrogens is 742 g/mol. The van der Waals surface area contributed by atoms with Crippen LogP contribution in [0.15, 0.2) is 97.5 Å². The minimum Gasteiger partial charge on any atom is -0.477 e. The minimum atomic E-state index is -1.11. The SMILES string of the molecule is Cc1cc2c(C(N)=O)cccc2n1-c1nc(NCc2ccccc2)c2c(n1)OCCC2.NC(=O)c1cn(-c2nc(NCc3ccccc3)c3c(n2)OCC(F)C3)cn1. The number of carbonyl (C=O) groups excluding carboxylic acids is 2. The Balaban J connectivity index is 0.000000164. The van der Waals surface area contributed by atoms with E-state index in [1.54, 1.807) is 6.07 Å². The molecule has 0 spiro atoms. The summed E-state index contributed by atoms with van der Waals surface area (Å²) in [6.07, 6.45) is 3.69. The van der Waals surface area contributed by atoms with Crippen LogP contribution in [-0.4, -0.2) is 65.3 Å². The van der Waals surface area contributed by atoms with Gasteiger partial charge in [-0.2, -0.15) is 19.9 Å². The van der Waals surface area contributed by atoms with Crippen molar-refractivity contribution in [2.24, 2.45) is 11.5 Å². The lowest BCUT2D eigenvalue weighted by molar-refractivity contribution is 0.0990. The molecule has 3 aromatic carbocycles. The maximum absolute atomic E-state index is 13.8. The second-order valence-electron chi connectivity index (χ2n) is 13.8. The van der Waals surface area contributed by atoms with Crippen molar-refractivity contribution >= 4 is 34.4 Å². The number of nitrogens with zero attached hydrogens (tertiary/aromatic N) is 7. The number of carbonyl (C=O) groups is 2. The lowest BCUT2D eigenvalue weighted by Gasteiger charge is -2.22. The predicted molar refractivity (Wildman–Crippen MR) is 215 cm³/mol. The van der Waals surface area contributed by atoms with Crippen molar-refractivity contribution in [3.63, 3.8) is 0 Å². The van der Waals surface area contributed by atoms with Crippen LogP contribution < -0.4 is 31.6 Å². The van der Waals surface area contributed by atoms with Gasteiger partial charge in [0.05, 0.1) is 23.3 Å². The molecule has 9 rings (SSSR count). The molecule has 0 saturated carbocycles. The molecule has 58 heavy (non-hydrogen) atoms. The summed E-state index contributed by atoms with van der Waals surface area (Å²) in [6.45, 7) is 3.71. The van der Waals surface area contributed by atoms with Gasteiger partial charge in [0, 0.05) is 42.4 Å². The number of benzene rings is 3. The standard InChI is InChI=1S/C24H23N5O2.C18H17FN6O2/c1-15-13-19-17(21(25)30)9-5-11-20(19)29(15)24-27-22(18-10-6-12-31-23(18)28-24)26-14-16-7-3-2-4-8-16;19-12-6-13-16(21-7-11-4-2-1-3-5-11)23-18(24-17(13)27-9-12)25-8-14(15(20)26)22-10-25/h2-5,7-9,11,13H,6,10,12,14H2,1H3,(H2,25,30)(H,26,27,28);1-5,8,10,12H,6-7,9H2,(H2,20,26)(H,21,23,24). The minimum absolute atomic E-state index is 0.0575. The van der Waals surface area contributed by atoms with Crippen molar-refractivity contribution in [3.05, 3.63) is 137 Å². The van der Waals surface area contributed by atoms with Crippen molar-refractivity contribution in [2.45, 2.75) is 45.4 Å². The lowest BCUT2D eigenvalue weighted by atomic mass is 10.1. The Kier molecular flexibility index (Phi) is 10.6. The van der Waals surface area contributed by atoms with Crippen LogP contribution in [0.2, 0.25) is 0 Å². The van der Waals surface area contributed by atoms with E-state index in [2.05, 4.69) is 37.7 Å². The second-order valence-corrected chi connectivity index (χ2v) is 13.8. The molecule has 2 aliphatic heterocycles. The fourth-order valence-corrected chi connectivity index (χ4v) is 6.89. The first kappa shape index (κ1) is 37.6. The van der Waals surface area contributed by atoms with Gasteiger partial charge in [0.2, 0.25) is 29.6 Å². The second kappa shape index (κ2) is 16.4. The number of primary amides is 2. The summed E-state index contributed by atoms with van der Waals surface area (Å²) in [5.41, 5.74) is 16.9. The number of halogens is 1. The molecule has 2 amide bonds. The number of hydrogen-bond acceptors (Lipinski definition) is 11. The Hall–Kier alpha value is -7.36. The zero-order valence-corrected chi connectivity index (χ0v) is 31.6. The van der Waals surface area contributed by atoms with E-state index in [0.29, 0.717) is 54.3 Å². The Morgan fingerprint density at radius 2 is 1.47 bits per heavy atom. The molecule has 6 heterocycles. The molecule has 7 aromatic rings. The summed E-state index contributed by atoms with van der Waals surface area (Å²) in [7, 11) is 0. The molecule has 16 heteroatoms. The molecule has 294 valence electrons. The van der Waals surface area contributed by atoms with Crippen molar-refractivity contribution in [1.82, 2.24) is 34.1 Å². The van der Waals surface area contributed by atoms with Gasteiger partial charge in [0.15, 0.2) is 0 Å². The first-order valence-electron chi connectivity index (χ1n) is 18.7. The predicted octanol–water partition coefficient (Wildman–Crippen LogP) is 5.41. The van der Waals surface area contributed by atoms with E-state index in [0.717, 1.165) is 46.4 Å². The topological polar surface area (TPSA) is 203 Å². The quantitative estimate of drug-likeness (QED) is 0.138. The van der Waals surface area contributed by atoms with Gasteiger partial charge in [0.1, 0.15) is 36.4 Å². The first-order chi connectivity index (χ1) is 28.2. The van der Waals surface area contributed by atoms with Gasteiger partial charge < -0.3 is 31.6 Å². The molecule has 6 N–H and O–H groups in total. The maximum Gasteiger partial charge on any atom is 0.268 e. The van der Waals surface area contributed by atoms with Crippen LogP contribution >= 0.6 is 0 Å². The number of alkyl halides is 1. The highest BCUT2D eigenvalue weighted by Gasteiger charge is 2.26. The number of imidazole rings is 1. The monoisotopic (exact) mass is 781 g/mol. The summed E-state index contributed by atoms with van der Waals surface area (Å²) in [6, 6.07) is 27.4. The summed E-state index contributed by atoms with van der Waals surface area (Å²) in [5.74, 6) is 1.84. The van der Waals surface area contributed by atoms with E-state index in [1.165, 1.54) is 22.7 Å². The third-order valence-electron chi connectivity index (χ3n) is 9.72. The molecular formula is C42H40FN11O4. The largest absolute Gasteiger partial charge is 0.477 e. The number of aryl methyl sites for hydroxylation is 1. The Labute approximate surface area is 332 Å². The van der Waals surface area contributed by atoms with Gasteiger partial charge in [-0.25, -0.2) is 9.37 Å². The normalized spacial score (nSPS) is 14.2. The number of nitrogens with two attached hydrogens (primary N) is 2. The van der Waals surface area contributed by atoms with E-state index >= 15 is 0 Å². The molecule has 2 aliphatic rings. The van der Waals surface area contributed by atoms with Gasteiger partial charge >= 0.3 is 0 Å². The third-order valence-corrected chi connectivity index (χ3v) is 9.72. The molecule has 0 saturated heterocycles. The number of aromatic nitrogens is 7. The zero-order valence-electron chi connectivity index (χ0n) is 31.6. The first-order valence-corrected chi connectivity index (χ1v) is 18.7. The number of nitrogens with one attached hydrogen (secondary N) is 2. The highest BCUT2D eigenvalue weighted by atomic mass is 19.1. The Morgan fingerprint density at radius 3 is 2.14 bits per heavy atom. The van der Waals surface area contributed by atoms with Gasteiger partial charge in [-0.05, 0) is 49.1 Å². The van der Waals surface area contributed by atoms with Gasteiger partial charge in [0.25, 0.3) is 5.91 Å². The van der Waals surface area contributed by atoms with E-state index in [4.69, 9.17) is 30.9 Å². The summed E-state index contributed by atoms with van der Waals surface area (Å²) < 4.78 is 28.6. The smallest absolute Gasteiger partial charge is 0.268 e. The van der Waals surface area contributed by atoms with E-state index in [9.17, 15) is 14.0 Å². The van der Waals surface area contributed by atoms with Gasteiger partial charge in [-0.3, -0.25) is 18.7 Å². The molecule has 15 nitrogen and oxygen atoms in total. The van der Waals surface area contributed by atoms with E-state index in [1.807, 2.05) is 78.2 Å². The third kappa shape index (κ3) is 7.98. The number of ether oxygens (including phenoxy) is 2. The van der Waals surface area contributed by atoms with Crippen molar-refractivity contribution in [2.75, 3.05) is 23.8 Å². The fourth-order valence-electron chi connectivity index (χ4n) is 6.89. The Bertz CT molecular complexity index is 2610. The average molecular weight is 782 g/mol. The van der Waals surface area contributed by atoms with Crippen LogP contribution in [-0.2, 0) is 25.9 Å². The molecule has 1 atom stereocenters. The number of amides is 2. The summed E-state index contributed by atoms with van der Waals surface area (Å²) in [5, 5.41) is 7.48. The summed E-state index contributed by atoms with van der Waals surface area (Å²) in [4.78, 5) is 45.5. The highest BCUT2D eigenvalue weighted by Crippen LogP contribution is 2.33. The average Bonchev–Trinajstić information content (AvgIpc) is 3.88. The van der Waals surface area contributed by atoms with Crippen LogP contribution in [0.5, 0.6) is 11.8 Å². The van der Waals surface area contributed by atoms with Crippen LogP contribution in [0, 0.1) is 6.92 Å². The van der Waals surface area contributed by atoms with Crippen molar-refractivity contribution < 1.29 is 23.5 Å². The molecule has 0 fully saturated rings. The van der Waals surface area contributed by atoms with Crippen LogP contribution in [0.4, 0.5) is 16.0 Å². The van der Waals surface area contributed by atoms with Crippen LogP contribution in [0.1, 0.15) is 55.2 Å².